The second-order valence-electron chi connectivity index (χ2n) is 4.13. The minimum Gasteiger partial charge on any atom is -0.192 e. The number of allylic oxidation sites excluding steroid dienone is 4. The van der Waals surface area contributed by atoms with E-state index in [0.29, 0.717) is 6.42 Å². The molecule has 1 atom stereocenters. The van der Waals surface area contributed by atoms with Gasteiger partial charge in [-0.15, -0.1) is 0 Å². The summed E-state index contributed by atoms with van der Waals surface area (Å²) in [5.41, 5.74) is 0.962. The highest BCUT2D eigenvalue weighted by atomic mass is 14.3. The molecule has 1 aliphatic carbocycles. The van der Waals surface area contributed by atoms with Crippen LogP contribution in [0.15, 0.2) is 22.8 Å². The second-order valence-corrected chi connectivity index (χ2v) is 4.13. The summed E-state index contributed by atoms with van der Waals surface area (Å²) in [6, 6.07) is 7.48. The van der Waals surface area contributed by atoms with Crippen LogP contribution in [0, 0.1) is 51.2 Å². The first kappa shape index (κ1) is 13.5. The van der Waals surface area contributed by atoms with E-state index in [1.54, 1.807) is 6.08 Å². The van der Waals surface area contributed by atoms with Gasteiger partial charge in [0.15, 0.2) is 0 Å². The Morgan fingerprint density at radius 2 is 1.61 bits per heavy atom. The first-order valence-corrected chi connectivity index (χ1v) is 5.82. The van der Waals surface area contributed by atoms with E-state index in [1.165, 1.54) is 0 Å². The Kier molecular flexibility index (Phi) is 5.18. The van der Waals surface area contributed by atoms with E-state index in [1.807, 2.05) is 24.3 Å². The Bertz CT molecular complexity index is 508. The first-order chi connectivity index (χ1) is 8.76. The lowest BCUT2D eigenvalue weighted by Crippen LogP contribution is -2.03. The highest BCUT2D eigenvalue weighted by Crippen LogP contribution is 2.32. The lowest BCUT2D eigenvalue weighted by molar-refractivity contribution is 0.640. The number of hydrogen-bond donors (Lipinski definition) is 0. The fraction of sp³-hybridized carbons (Fsp3) is 0.429. The molecule has 0 heterocycles. The largest absolute Gasteiger partial charge is 0.192 e. The van der Waals surface area contributed by atoms with Crippen molar-refractivity contribution in [1.82, 2.24) is 0 Å². The van der Waals surface area contributed by atoms with Gasteiger partial charge in [-0.25, -0.2) is 0 Å². The fourth-order valence-corrected chi connectivity index (χ4v) is 2.18. The van der Waals surface area contributed by atoms with Crippen LogP contribution < -0.4 is 0 Å². The first-order valence-electron chi connectivity index (χ1n) is 5.82. The molecular formula is C14H12N4. The zero-order valence-corrected chi connectivity index (χ0v) is 9.98. The molecule has 0 N–H and O–H groups in total. The van der Waals surface area contributed by atoms with Gasteiger partial charge in [0.05, 0.1) is 0 Å². The van der Waals surface area contributed by atoms with Crippen molar-refractivity contribution in [2.24, 2.45) is 5.92 Å². The monoisotopic (exact) mass is 236 g/mol. The molecule has 1 fully saturated rings. The minimum atomic E-state index is -0.129. The van der Waals surface area contributed by atoms with Crippen molar-refractivity contribution in [3.63, 3.8) is 0 Å². The molecule has 0 amide bonds. The average molecular weight is 236 g/mol. The SMILES string of the molecule is N#CC(C#N)=C[C@@H]1CCCCCC1=C(C#N)C#N. The van der Waals surface area contributed by atoms with E-state index in [-0.39, 0.29) is 17.1 Å². The van der Waals surface area contributed by atoms with Gasteiger partial charge >= 0.3 is 0 Å². The average Bonchev–Trinajstić information content (AvgIpc) is 2.63. The maximum absolute atomic E-state index is 8.96. The lowest BCUT2D eigenvalue weighted by Gasteiger charge is -2.13. The lowest BCUT2D eigenvalue weighted by atomic mass is 9.89. The molecule has 0 radical (unpaired) electrons. The maximum atomic E-state index is 8.96. The fourth-order valence-electron chi connectivity index (χ4n) is 2.18. The Morgan fingerprint density at radius 1 is 0.944 bits per heavy atom. The summed E-state index contributed by atoms with van der Waals surface area (Å²) in [4.78, 5) is 0. The summed E-state index contributed by atoms with van der Waals surface area (Å²) < 4.78 is 0. The summed E-state index contributed by atoms with van der Waals surface area (Å²) in [6.07, 6.45) is 6.05. The summed E-state index contributed by atoms with van der Waals surface area (Å²) in [5, 5.41) is 35.5. The molecule has 0 unspecified atom stereocenters. The van der Waals surface area contributed by atoms with Gasteiger partial charge in [0.2, 0.25) is 0 Å². The molecule has 0 spiro atoms. The number of nitriles is 4. The summed E-state index contributed by atoms with van der Waals surface area (Å²) in [6.45, 7) is 0. The Morgan fingerprint density at radius 3 is 2.17 bits per heavy atom. The van der Waals surface area contributed by atoms with Gasteiger partial charge in [-0.2, -0.15) is 21.0 Å². The van der Waals surface area contributed by atoms with Gasteiger partial charge in [-0.05, 0) is 30.9 Å². The van der Waals surface area contributed by atoms with E-state index in [4.69, 9.17) is 21.0 Å². The van der Waals surface area contributed by atoms with Crippen molar-refractivity contribution >= 4 is 0 Å². The van der Waals surface area contributed by atoms with Gasteiger partial charge in [-0.1, -0.05) is 12.8 Å². The van der Waals surface area contributed by atoms with E-state index < -0.39 is 0 Å². The summed E-state index contributed by atoms with van der Waals surface area (Å²) in [5.74, 6) is -0.129. The molecule has 18 heavy (non-hydrogen) atoms. The van der Waals surface area contributed by atoms with E-state index in [0.717, 1.165) is 31.3 Å². The molecule has 0 saturated heterocycles. The van der Waals surface area contributed by atoms with E-state index >= 15 is 0 Å². The third kappa shape index (κ3) is 3.21. The van der Waals surface area contributed by atoms with Gasteiger partial charge in [-0.3, -0.25) is 0 Å². The number of hydrogen-bond acceptors (Lipinski definition) is 4. The predicted molar refractivity (Wildman–Crippen MR) is 64.1 cm³/mol. The zero-order chi connectivity index (χ0) is 13.4. The van der Waals surface area contributed by atoms with Crippen LogP contribution in [0.25, 0.3) is 0 Å². The van der Waals surface area contributed by atoms with Crippen LogP contribution in [-0.4, -0.2) is 0 Å². The smallest absolute Gasteiger partial charge is 0.129 e. The van der Waals surface area contributed by atoms with Crippen LogP contribution in [0.2, 0.25) is 0 Å². The molecule has 1 saturated carbocycles. The highest BCUT2D eigenvalue weighted by molar-refractivity contribution is 5.44. The molecule has 0 aromatic heterocycles. The van der Waals surface area contributed by atoms with Crippen molar-refractivity contribution in [3.8, 4) is 24.3 Å². The molecular weight excluding hydrogens is 224 g/mol. The van der Waals surface area contributed by atoms with Gasteiger partial charge in [0.25, 0.3) is 0 Å². The van der Waals surface area contributed by atoms with Crippen LogP contribution >= 0.6 is 0 Å². The Balaban J connectivity index is 3.21. The van der Waals surface area contributed by atoms with E-state index in [2.05, 4.69) is 0 Å². The van der Waals surface area contributed by atoms with Crippen molar-refractivity contribution in [2.45, 2.75) is 32.1 Å². The minimum absolute atomic E-state index is 0.0506. The van der Waals surface area contributed by atoms with Gasteiger partial charge in [0, 0.05) is 5.92 Å². The third-order valence-corrected chi connectivity index (χ3v) is 3.06. The molecule has 4 nitrogen and oxygen atoms in total. The highest BCUT2D eigenvalue weighted by Gasteiger charge is 2.20. The normalized spacial score (nSPS) is 18.2. The zero-order valence-electron chi connectivity index (χ0n) is 9.98. The van der Waals surface area contributed by atoms with Crippen molar-refractivity contribution < 1.29 is 0 Å². The topological polar surface area (TPSA) is 95.2 Å². The molecule has 0 aromatic rings. The molecule has 0 bridgehead atoms. The van der Waals surface area contributed by atoms with Crippen LogP contribution in [0.5, 0.6) is 0 Å². The van der Waals surface area contributed by atoms with Gasteiger partial charge in [0.1, 0.15) is 35.4 Å². The Labute approximate surface area is 107 Å². The second kappa shape index (κ2) is 6.90. The Hall–Kier alpha value is -2.56. The molecule has 88 valence electrons. The summed E-state index contributed by atoms with van der Waals surface area (Å²) >= 11 is 0. The number of nitrogens with zero attached hydrogens (tertiary/aromatic N) is 4. The standard InChI is InChI=1S/C14H12N4/c15-7-11(8-16)6-12-4-2-1-3-5-14(12)13(9-17)10-18/h6,12H,1-5H2/t12-/m0/s1. The van der Waals surface area contributed by atoms with E-state index in [9.17, 15) is 0 Å². The molecule has 0 aliphatic heterocycles. The number of rotatable bonds is 1. The molecule has 1 rings (SSSR count). The van der Waals surface area contributed by atoms with Crippen molar-refractivity contribution in [3.05, 3.63) is 22.8 Å². The maximum Gasteiger partial charge on any atom is 0.129 e. The quantitative estimate of drug-likeness (QED) is 0.516. The van der Waals surface area contributed by atoms with Crippen molar-refractivity contribution in [1.29, 1.82) is 21.0 Å². The predicted octanol–water partition coefficient (Wildman–Crippen LogP) is 2.88. The molecule has 1 aliphatic rings. The summed E-state index contributed by atoms with van der Waals surface area (Å²) in [7, 11) is 0. The molecule has 4 heteroatoms. The van der Waals surface area contributed by atoms with Crippen LogP contribution in [0.1, 0.15) is 32.1 Å². The molecule has 0 aromatic carbocycles. The third-order valence-electron chi connectivity index (χ3n) is 3.06. The van der Waals surface area contributed by atoms with Crippen molar-refractivity contribution in [2.75, 3.05) is 0 Å². The van der Waals surface area contributed by atoms with Crippen LogP contribution in [-0.2, 0) is 0 Å². The van der Waals surface area contributed by atoms with Crippen LogP contribution in [0.3, 0.4) is 0 Å². The van der Waals surface area contributed by atoms with Crippen LogP contribution in [0.4, 0.5) is 0 Å². The van der Waals surface area contributed by atoms with Gasteiger partial charge < -0.3 is 0 Å².